The van der Waals surface area contributed by atoms with Gasteiger partial charge in [0.1, 0.15) is 18.1 Å². The van der Waals surface area contributed by atoms with Crippen LogP contribution in [0.2, 0.25) is 0 Å². The summed E-state index contributed by atoms with van der Waals surface area (Å²) >= 11 is 4.10. The molecule has 0 fully saturated rings. The topological polar surface area (TPSA) is 235 Å². The van der Waals surface area contributed by atoms with E-state index in [1.165, 1.54) is 0 Å². The zero-order valence-electron chi connectivity index (χ0n) is 19.1. The van der Waals surface area contributed by atoms with Gasteiger partial charge in [0, 0.05) is 12.3 Å². The smallest absolute Gasteiger partial charge is 0.328 e. The number of hydrogen-bond acceptors (Lipinski definition) is 8. The van der Waals surface area contributed by atoms with Crippen molar-refractivity contribution in [3.8, 4) is 0 Å². The molecule has 194 valence electrons. The number of amides is 3. The van der Waals surface area contributed by atoms with Gasteiger partial charge in [0.25, 0.3) is 0 Å². The first-order valence-corrected chi connectivity index (χ1v) is 11.4. The first-order chi connectivity index (χ1) is 16.6. The van der Waals surface area contributed by atoms with Gasteiger partial charge in [-0.25, -0.2) is 4.79 Å². The van der Waals surface area contributed by atoms with E-state index >= 15 is 0 Å². The van der Waals surface area contributed by atoms with Crippen LogP contribution in [0.3, 0.4) is 0 Å². The molecule has 11 N–H and O–H groups in total. The highest BCUT2D eigenvalue weighted by molar-refractivity contribution is 7.80. The summed E-state index contributed by atoms with van der Waals surface area (Å²) in [5, 5.41) is 25.4. The number of aliphatic hydroxyl groups excluding tert-OH is 1. The van der Waals surface area contributed by atoms with Gasteiger partial charge in [-0.3, -0.25) is 19.4 Å². The van der Waals surface area contributed by atoms with Crippen LogP contribution in [0.15, 0.2) is 35.3 Å². The summed E-state index contributed by atoms with van der Waals surface area (Å²) in [6.07, 6.45) is 0.570. The Bertz CT molecular complexity index is 882. The molecule has 0 saturated heterocycles. The van der Waals surface area contributed by atoms with E-state index in [0.717, 1.165) is 5.56 Å². The lowest BCUT2D eigenvalue weighted by Gasteiger charge is -2.24. The Balaban J connectivity index is 2.84. The molecular weight excluding hydrogens is 478 g/mol. The first kappa shape index (κ1) is 29.7. The number of rotatable bonds is 15. The summed E-state index contributed by atoms with van der Waals surface area (Å²) in [5.74, 6) is -3.83. The van der Waals surface area contributed by atoms with Crippen LogP contribution in [0.5, 0.6) is 0 Å². The first-order valence-electron chi connectivity index (χ1n) is 10.8. The molecule has 0 bridgehead atoms. The van der Waals surface area contributed by atoms with Crippen molar-refractivity contribution in [3.63, 3.8) is 0 Å². The molecule has 0 spiro atoms. The molecule has 1 aromatic rings. The molecule has 13 nitrogen and oxygen atoms in total. The fourth-order valence-electron chi connectivity index (χ4n) is 2.94. The third-order valence-corrected chi connectivity index (χ3v) is 5.19. The quantitative estimate of drug-likeness (QED) is 0.0506. The van der Waals surface area contributed by atoms with E-state index in [2.05, 4.69) is 33.6 Å². The standard InChI is InChI=1S/C21H33N7O6S/c22-13(9-12-5-2-1-3-6-12)17(30)28-16(11-35)19(32)26-14(7-4-8-25-21(23)24)18(31)27-15(10-29)20(33)34/h1-3,5-6,13-16,29,35H,4,7-11,22H2,(H,26,32)(H,27,31)(H,28,30)(H,33,34)(H4,23,24,25). The van der Waals surface area contributed by atoms with Crippen LogP contribution < -0.4 is 33.2 Å². The van der Waals surface area contributed by atoms with Crippen molar-refractivity contribution >= 4 is 42.3 Å². The van der Waals surface area contributed by atoms with E-state index in [4.69, 9.17) is 27.4 Å². The lowest BCUT2D eigenvalue weighted by Crippen LogP contribution is -2.58. The van der Waals surface area contributed by atoms with Gasteiger partial charge in [-0.2, -0.15) is 12.6 Å². The molecule has 0 radical (unpaired) electrons. The van der Waals surface area contributed by atoms with Crippen LogP contribution in [-0.2, 0) is 25.6 Å². The molecule has 4 atom stereocenters. The molecule has 3 amide bonds. The summed E-state index contributed by atoms with van der Waals surface area (Å²) in [6.45, 7) is -0.685. The number of aliphatic imine (C=N–C) groups is 1. The number of nitrogens with one attached hydrogen (secondary N) is 3. The molecule has 4 unspecified atom stereocenters. The highest BCUT2D eigenvalue weighted by Gasteiger charge is 2.29. The normalized spacial score (nSPS) is 14.0. The number of benzene rings is 1. The number of hydrogen-bond donors (Lipinski definition) is 9. The molecule has 1 rings (SSSR count). The summed E-state index contributed by atoms with van der Waals surface area (Å²) in [7, 11) is 0. The van der Waals surface area contributed by atoms with Crippen LogP contribution in [0, 0.1) is 0 Å². The van der Waals surface area contributed by atoms with Crippen LogP contribution >= 0.6 is 12.6 Å². The average Bonchev–Trinajstić information content (AvgIpc) is 2.82. The van der Waals surface area contributed by atoms with Crippen LogP contribution in [-0.4, -0.2) is 82.9 Å². The van der Waals surface area contributed by atoms with Crippen molar-refractivity contribution in [2.45, 2.75) is 43.4 Å². The Hall–Kier alpha value is -3.36. The van der Waals surface area contributed by atoms with Crippen molar-refractivity contribution in [1.29, 1.82) is 0 Å². The molecule has 35 heavy (non-hydrogen) atoms. The van der Waals surface area contributed by atoms with Crippen LogP contribution in [0.1, 0.15) is 18.4 Å². The van der Waals surface area contributed by atoms with Crippen molar-refractivity contribution in [1.82, 2.24) is 16.0 Å². The van der Waals surface area contributed by atoms with E-state index in [1.807, 2.05) is 30.3 Å². The lowest BCUT2D eigenvalue weighted by atomic mass is 10.1. The van der Waals surface area contributed by atoms with Gasteiger partial charge in [0.2, 0.25) is 17.7 Å². The van der Waals surface area contributed by atoms with E-state index in [9.17, 15) is 19.2 Å². The van der Waals surface area contributed by atoms with Gasteiger partial charge < -0.3 is 43.4 Å². The fourth-order valence-corrected chi connectivity index (χ4v) is 3.19. The Morgan fingerprint density at radius 3 is 2.06 bits per heavy atom. The minimum Gasteiger partial charge on any atom is -0.480 e. The Morgan fingerprint density at radius 2 is 1.51 bits per heavy atom. The summed E-state index contributed by atoms with van der Waals surface area (Å²) < 4.78 is 0. The van der Waals surface area contributed by atoms with Crippen molar-refractivity contribution in [2.75, 3.05) is 18.9 Å². The van der Waals surface area contributed by atoms with Crippen molar-refractivity contribution < 1.29 is 29.4 Å². The highest BCUT2D eigenvalue weighted by Crippen LogP contribution is 2.04. The van der Waals surface area contributed by atoms with Gasteiger partial charge in [0.15, 0.2) is 5.96 Å². The molecule has 0 aliphatic heterocycles. The van der Waals surface area contributed by atoms with Gasteiger partial charge in [-0.1, -0.05) is 30.3 Å². The number of carboxylic acid groups (broad SMARTS) is 1. The maximum atomic E-state index is 12.8. The van der Waals surface area contributed by atoms with Crippen molar-refractivity contribution in [3.05, 3.63) is 35.9 Å². The molecule has 1 aromatic carbocycles. The summed E-state index contributed by atoms with van der Waals surface area (Å²) in [6, 6.07) is 4.30. The molecule has 0 aromatic heterocycles. The van der Waals surface area contributed by atoms with E-state index in [0.29, 0.717) is 0 Å². The maximum absolute atomic E-state index is 12.8. The Morgan fingerprint density at radius 1 is 0.943 bits per heavy atom. The SMILES string of the molecule is NC(N)=NCCCC(NC(=O)C(CS)NC(=O)C(N)Cc1ccccc1)C(=O)NC(CO)C(=O)O. The minimum atomic E-state index is -1.56. The number of aliphatic carboxylic acids is 1. The van der Waals surface area contributed by atoms with Crippen LogP contribution in [0.25, 0.3) is 0 Å². The van der Waals surface area contributed by atoms with Gasteiger partial charge in [0.05, 0.1) is 12.6 Å². The average molecular weight is 512 g/mol. The molecule has 0 saturated carbocycles. The monoisotopic (exact) mass is 511 g/mol. The molecule has 0 heterocycles. The zero-order valence-corrected chi connectivity index (χ0v) is 20.0. The predicted octanol–water partition coefficient (Wildman–Crippen LogP) is -2.93. The number of guanidine groups is 1. The highest BCUT2D eigenvalue weighted by atomic mass is 32.1. The third-order valence-electron chi connectivity index (χ3n) is 4.83. The van der Waals surface area contributed by atoms with Crippen LogP contribution in [0.4, 0.5) is 0 Å². The van der Waals surface area contributed by atoms with E-state index in [1.54, 1.807) is 0 Å². The molecule has 0 aliphatic rings. The second-order valence-electron chi connectivity index (χ2n) is 7.63. The molecular formula is C21H33N7O6S. The summed E-state index contributed by atoms with van der Waals surface area (Å²) in [5.41, 5.74) is 17.3. The third kappa shape index (κ3) is 11.1. The summed E-state index contributed by atoms with van der Waals surface area (Å²) in [4.78, 5) is 52.9. The molecule has 0 aliphatic carbocycles. The largest absolute Gasteiger partial charge is 0.480 e. The minimum absolute atomic E-state index is 0.0485. The molecule has 14 heteroatoms. The van der Waals surface area contributed by atoms with Gasteiger partial charge in [-0.05, 0) is 24.8 Å². The Labute approximate surface area is 208 Å². The van der Waals surface area contributed by atoms with Crippen molar-refractivity contribution in [2.24, 2.45) is 22.2 Å². The zero-order chi connectivity index (χ0) is 26.4. The second kappa shape index (κ2) is 15.5. The lowest BCUT2D eigenvalue weighted by molar-refractivity contribution is -0.143. The number of carboxylic acids is 1. The number of carbonyl (C=O) groups is 4. The fraction of sp³-hybridized carbons (Fsp3) is 0.476. The predicted molar refractivity (Wildman–Crippen MR) is 132 cm³/mol. The number of thiol groups is 1. The number of aliphatic hydroxyl groups is 1. The van der Waals surface area contributed by atoms with E-state index < -0.39 is 54.5 Å². The van der Waals surface area contributed by atoms with Gasteiger partial charge >= 0.3 is 5.97 Å². The number of carbonyl (C=O) groups excluding carboxylic acids is 3. The maximum Gasteiger partial charge on any atom is 0.328 e. The Kier molecular flexibility index (Phi) is 13.2. The number of nitrogens with zero attached hydrogens (tertiary/aromatic N) is 1. The van der Waals surface area contributed by atoms with Gasteiger partial charge in [-0.15, -0.1) is 0 Å². The second-order valence-corrected chi connectivity index (χ2v) is 8.00. The number of nitrogens with two attached hydrogens (primary N) is 3. The van der Waals surface area contributed by atoms with E-state index in [-0.39, 0.29) is 37.5 Å².